The Kier molecular flexibility index (Phi) is 5.10. The van der Waals surface area contributed by atoms with Crippen molar-refractivity contribution in [2.75, 3.05) is 4.90 Å². The van der Waals surface area contributed by atoms with Gasteiger partial charge in [0.25, 0.3) is 5.78 Å². The van der Waals surface area contributed by atoms with E-state index in [-0.39, 0.29) is 17.4 Å². The molecular formula is C23H18BrN3O4S. The van der Waals surface area contributed by atoms with Crippen LogP contribution in [0.2, 0.25) is 0 Å². The Morgan fingerprint density at radius 2 is 1.94 bits per heavy atom. The fourth-order valence-electron chi connectivity index (χ4n) is 4.10. The molecule has 1 N–H and O–H groups in total. The summed E-state index contributed by atoms with van der Waals surface area (Å²) < 4.78 is 6.60. The number of fused-ring (bicyclic) bond motifs is 1. The third-order valence-electron chi connectivity index (χ3n) is 5.52. The predicted octanol–water partition coefficient (Wildman–Crippen LogP) is 4.56. The van der Waals surface area contributed by atoms with Gasteiger partial charge in [-0.05, 0) is 55.3 Å². The van der Waals surface area contributed by atoms with Crippen LogP contribution < -0.4 is 9.64 Å². The average molecular weight is 512 g/mol. The number of aliphatic hydroxyl groups is 1. The smallest absolute Gasteiger partial charge is 0.301 e. The summed E-state index contributed by atoms with van der Waals surface area (Å²) in [6.07, 6.45) is 0.765. The molecule has 9 heteroatoms. The number of hydrogen-bond donors (Lipinski definition) is 1. The number of rotatable bonds is 3. The second kappa shape index (κ2) is 7.83. The first-order valence-electron chi connectivity index (χ1n) is 10.00. The van der Waals surface area contributed by atoms with Gasteiger partial charge in [0.15, 0.2) is 0 Å². The topological polar surface area (TPSA) is 92.6 Å². The van der Waals surface area contributed by atoms with Crippen LogP contribution in [0.1, 0.15) is 34.7 Å². The molecule has 0 bridgehead atoms. The van der Waals surface area contributed by atoms with Gasteiger partial charge in [-0.1, -0.05) is 39.4 Å². The van der Waals surface area contributed by atoms with Crippen LogP contribution in [0.4, 0.5) is 5.13 Å². The van der Waals surface area contributed by atoms with Crippen molar-refractivity contribution < 1.29 is 19.4 Å². The van der Waals surface area contributed by atoms with E-state index in [1.165, 1.54) is 16.2 Å². The first-order valence-corrected chi connectivity index (χ1v) is 11.6. The maximum absolute atomic E-state index is 13.2. The second-order valence-electron chi connectivity index (χ2n) is 7.78. The number of ether oxygens (including phenoxy) is 1. The molecule has 0 aliphatic carbocycles. The van der Waals surface area contributed by atoms with Crippen molar-refractivity contribution in [1.82, 2.24) is 10.2 Å². The van der Waals surface area contributed by atoms with Gasteiger partial charge < -0.3 is 9.84 Å². The van der Waals surface area contributed by atoms with E-state index in [1.807, 2.05) is 37.3 Å². The van der Waals surface area contributed by atoms with Crippen LogP contribution in [0.5, 0.6) is 5.75 Å². The standard InChI is InChI=1S/C23H18BrN3O4S/c1-11-9-15-10-14(5-8-17(15)31-11)20(28)18-19(13-3-6-16(24)7-4-13)27(22(30)21(18)29)23-26-25-12(2)32-23/h3-8,10-11,19,28H,9H2,1-2H3/t11-,19+/m1/s1. The van der Waals surface area contributed by atoms with Gasteiger partial charge in [0.1, 0.15) is 22.6 Å². The second-order valence-corrected chi connectivity index (χ2v) is 9.86. The number of Topliss-reactive ketones (excluding diaryl/α,β-unsaturated/α-hetero) is 1. The summed E-state index contributed by atoms with van der Waals surface area (Å²) in [5.74, 6) is -0.951. The zero-order chi connectivity index (χ0) is 22.6. The number of nitrogens with zero attached hydrogens (tertiary/aromatic N) is 3. The van der Waals surface area contributed by atoms with Crippen LogP contribution in [-0.4, -0.2) is 33.1 Å². The van der Waals surface area contributed by atoms with Crippen molar-refractivity contribution in [3.8, 4) is 5.75 Å². The van der Waals surface area contributed by atoms with Crippen molar-refractivity contribution >= 4 is 49.8 Å². The number of anilines is 1. The molecule has 0 radical (unpaired) electrons. The number of ketones is 1. The van der Waals surface area contributed by atoms with Gasteiger partial charge in [-0.3, -0.25) is 14.5 Å². The molecule has 3 heterocycles. The summed E-state index contributed by atoms with van der Waals surface area (Å²) in [7, 11) is 0. The molecule has 0 spiro atoms. The van der Waals surface area contributed by atoms with E-state index in [0.29, 0.717) is 27.7 Å². The van der Waals surface area contributed by atoms with Gasteiger partial charge in [0, 0.05) is 16.5 Å². The van der Waals surface area contributed by atoms with Crippen molar-refractivity contribution in [1.29, 1.82) is 0 Å². The molecule has 7 nitrogen and oxygen atoms in total. The van der Waals surface area contributed by atoms with Gasteiger partial charge in [-0.2, -0.15) is 0 Å². The van der Waals surface area contributed by atoms with E-state index >= 15 is 0 Å². The normalized spacial score (nSPS) is 21.7. The van der Waals surface area contributed by atoms with Crippen LogP contribution in [0, 0.1) is 6.92 Å². The minimum Gasteiger partial charge on any atom is -0.507 e. The van der Waals surface area contributed by atoms with Gasteiger partial charge in [0.2, 0.25) is 5.13 Å². The third-order valence-corrected chi connectivity index (χ3v) is 6.89. The molecule has 0 saturated carbocycles. The lowest BCUT2D eigenvalue weighted by Crippen LogP contribution is -2.29. The summed E-state index contributed by atoms with van der Waals surface area (Å²) >= 11 is 4.63. The highest BCUT2D eigenvalue weighted by Gasteiger charge is 2.48. The lowest BCUT2D eigenvalue weighted by Gasteiger charge is -2.22. The molecule has 2 atom stereocenters. The molecule has 2 aliphatic heterocycles. The predicted molar refractivity (Wildman–Crippen MR) is 124 cm³/mol. The van der Waals surface area contributed by atoms with Crippen LogP contribution >= 0.6 is 27.3 Å². The van der Waals surface area contributed by atoms with E-state index in [2.05, 4.69) is 26.1 Å². The molecule has 3 aromatic rings. The maximum atomic E-state index is 13.2. The number of halogens is 1. The van der Waals surface area contributed by atoms with Crippen molar-refractivity contribution in [3.63, 3.8) is 0 Å². The summed E-state index contributed by atoms with van der Waals surface area (Å²) in [4.78, 5) is 27.6. The number of hydrogen-bond acceptors (Lipinski definition) is 7. The Hall–Kier alpha value is -3.04. The number of carbonyl (C=O) groups excluding carboxylic acids is 2. The van der Waals surface area contributed by atoms with E-state index in [1.54, 1.807) is 19.1 Å². The van der Waals surface area contributed by atoms with Crippen molar-refractivity contribution in [2.24, 2.45) is 0 Å². The molecule has 162 valence electrons. The van der Waals surface area contributed by atoms with Crippen LogP contribution in [0.15, 0.2) is 52.5 Å². The molecule has 5 rings (SSSR count). The number of carbonyl (C=O) groups is 2. The number of amides is 1. The molecule has 1 fully saturated rings. The van der Waals surface area contributed by atoms with Crippen LogP contribution in [0.25, 0.3) is 5.76 Å². The summed E-state index contributed by atoms with van der Waals surface area (Å²) in [6, 6.07) is 11.8. The number of benzene rings is 2. The van der Waals surface area contributed by atoms with Crippen LogP contribution in [-0.2, 0) is 16.0 Å². The highest BCUT2D eigenvalue weighted by molar-refractivity contribution is 9.10. The summed E-state index contributed by atoms with van der Waals surface area (Å²) in [5.41, 5.74) is 2.13. The fraction of sp³-hybridized carbons (Fsp3) is 0.217. The van der Waals surface area contributed by atoms with E-state index in [4.69, 9.17) is 4.74 Å². The monoisotopic (exact) mass is 511 g/mol. The SMILES string of the molecule is Cc1nnc(N2C(=O)C(=O)C(=C(O)c3ccc4c(c3)C[C@@H](C)O4)[C@@H]2c2ccc(Br)cc2)s1. The molecule has 32 heavy (non-hydrogen) atoms. The molecule has 2 aromatic carbocycles. The Morgan fingerprint density at radius 3 is 2.62 bits per heavy atom. The van der Waals surface area contributed by atoms with Crippen LogP contribution in [0.3, 0.4) is 0 Å². The highest BCUT2D eigenvalue weighted by Crippen LogP contribution is 2.43. The van der Waals surface area contributed by atoms with E-state index < -0.39 is 17.7 Å². The molecule has 1 saturated heterocycles. The Morgan fingerprint density at radius 1 is 1.19 bits per heavy atom. The molecule has 1 aromatic heterocycles. The number of aromatic nitrogens is 2. The Bertz CT molecular complexity index is 1280. The summed E-state index contributed by atoms with van der Waals surface area (Å²) in [5, 5.41) is 20.3. The Labute approximate surface area is 196 Å². The van der Waals surface area contributed by atoms with Gasteiger partial charge in [-0.25, -0.2) is 0 Å². The summed E-state index contributed by atoms with van der Waals surface area (Å²) in [6.45, 7) is 3.75. The first-order chi connectivity index (χ1) is 15.3. The fourth-order valence-corrected chi connectivity index (χ4v) is 5.08. The van der Waals surface area contributed by atoms with Gasteiger partial charge in [0.05, 0.1) is 11.6 Å². The van der Waals surface area contributed by atoms with Crippen molar-refractivity contribution in [3.05, 3.63) is 74.2 Å². The highest BCUT2D eigenvalue weighted by atomic mass is 79.9. The average Bonchev–Trinajstić information content (AvgIpc) is 3.43. The quantitative estimate of drug-likeness (QED) is 0.314. The van der Waals surface area contributed by atoms with Gasteiger partial charge in [-0.15, -0.1) is 10.2 Å². The third kappa shape index (κ3) is 3.41. The van der Waals surface area contributed by atoms with E-state index in [0.717, 1.165) is 15.8 Å². The minimum atomic E-state index is -0.820. The first kappa shape index (κ1) is 20.8. The largest absolute Gasteiger partial charge is 0.507 e. The lowest BCUT2D eigenvalue weighted by atomic mass is 9.94. The van der Waals surface area contributed by atoms with Gasteiger partial charge >= 0.3 is 5.91 Å². The maximum Gasteiger partial charge on any atom is 0.301 e. The number of aliphatic hydroxyl groups excluding tert-OH is 1. The number of aryl methyl sites for hydroxylation is 1. The van der Waals surface area contributed by atoms with Crippen molar-refractivity contribution in [2.45, 2.75) is 32.4 Å². The lowest BCUT2D eigenvalue weighted by molar-refractivity contribution is -0.132. The Balaban J connectivity index is 1.68. The van der Waals surface area contributed by atoms with E-state index in [9.17, 15) is 14.7 Å². The zero-order valence-electron chi connectivity index (χ0n) is 17.2. The molecule has 1 amide bonds. The zero-order valence-corrected chi connectivity index (χ0v) is 19.6. The molecule has 2 aliphatic rings. The molecular weight excluding hydrogens is 494 g/mol. The minimum absolute atomic E-state index is 0.0251. The molecule has 0 unspecified atom stereocenters.